The Balaban J connectivity index is 1.33. The summed E-state index contributed by atoms with van der Waals surface area (Å²) in [6.45, 7) is 2.63. The predicted octanol–water partition coefficient (Wildman–Crippen LogP) is 3.02. The van der Waals surface area contributed by atoms with Crippen LogP contribution in [0.4, 0.5) is 0 Å². The van der Waals surface area contributed by atoms with E-state index in [4.69, 9.17) is 4.52 Å². The fourth-order valence-electron chi connectivity index (χ4n) is 3.65. The maximum absolute atomic E-state index is 10.6. The van der Waals surface area contributed by atoms with Crippen LogP contribution < -0.4 is 0 Å². The standard InChI is InChI=1S/C20H24N4O2/c1-23-12-9-21-20(23)19(25)16-7-10-24(11-8-16)14-17-13-18(22-26-17)15-5-3-2-4-6-15/h2-6,9,12-13,16,19,25H,7-8,10-11,14H2,1H3/t19-/m1/s1. The third kappa shape index (κ3) is 3.57. The lowest BCUT2D eigenvalue weighted by Crippen LogP contribution is -2.35. The lowest BCUT2D eigenvalue weighted by molar-refractivity contribution is 0.0470. The Morgan fingerprint density at radius 3 is 2.69 bits per heavy atom. The molecular formula is C20H24N4O2. The van der Waals surface area contributed by atoms with Crippen LogP contribution in [0, 0.1) is 5.92 Å². The molecule has 1 atom stereocenters. The first-order chi connectivity index (χ1) is 12.7. The van der Waals surface area contributed by atoms with Crippen LogP contribution in [0.15, 0.2) is 53.3 Å². The lowest BCUT2D eigenvalue weighted by Gasteiger charge is -2.33. The summed E-state index contributed by atoms with van der Waals surface area (Å²) in [5.74, 6) is 1.89. The number of aliphatic hydroxyl groups excluding tert-OH is 1. The van der Waals surface area contributed by atoms with Crippen molar-refractivity contribution in [2.75, 3.05) is 13.1 Å². The highest BCUT2D eigenvalue weighted by Crippen LogP contribution is 2.30. The molecule has 1 aliphatic heterocycles. The zero-order chi connectivity index (χ0) is 17.9. The number of benzene rings is 1. The van der Waals surface area contributed by atoms with E-state index in [-0.39, 0.29) is 5.92 Å². The highest BCUT2D eigenvalue weighted by atomic mass is 16.5. The van der Waals surface area contributed by atoms with Crippen LogP contribution in [0.3, 0.4) is 0 Å². The van der Waals surface area contributed by atoms with E-state index >= 15 is 0 Å². The van der Waals surface area contributed by atoms with Gasteiger partial charge in [0.15, 0.2) is 5.76 Å². The van der Waals surface area contributed by atoms with E-state index in [0.717, 1.165) is 55.3 Å². The molecule has 136 valence electrons. The second-order valence-electron chi connectivity index (χ2n) is 7.00. The molecule has 1 aromatic carbocycles. The molecule has 1 N–H and O–H groups in total. The fraction of sp³-hybridized carbons (Fsp3) is 0.400. The van der Waals surface area contributed by atoms with E-state index in [1.165, 1.54) is 0 Å². The summed E-state index contributed by atoms with van der Waals surface area (Å²) in [6, 6.07) is 12.1. The predicted molar refractivity (Wildman–Crippen MR) is 98.1 cm³/mol. The first-order valence-electron chi connectivity index (χ1n) is 9.09. The lowest BCUT2D eigenvalue weighted by atomic mass is 9.90. The first kappa shape index (κ1) is 17.0. The summed E-state index contributed by atoms with van der Waals surface area (Å²) >= 11 is 0. The average molecular weight is 352 g/mol. The Morgan fingerprint density at radius 1 is 1.23 bits per heavy atom. The van der Waals surface area contributed by atoms with Gasteiger partial charge < -0.3 is 14.2 Å². The van der Waals surface area contributed by atoms with Gasteiger partial charge in [0, 0.05) is 31.1 Å². The first-order valence-corrected chi connectivity index (χ1v) is 9.09. The van der Waals surface area contributed by atoms with Gasteiger partial charge in [0.25, 0.3) is 0 Å². The van der Waals surface area contributed by atoms with Crippen LogP contribution in [-0.4, -0.2) is 37.8 Å². The van der Waals surface area contributed by atoms with Gasteiger partial charge in [-0.25, -0.2) is 4.98 Å². The van der Waals surface area contributed by atoms with Gasteiger partial charge in [-0.1, -0.05) is 35.5 Å². The van der Waals surface area contributed by atoms with Crippen molar-refractivity contribution in [3.63, 3.8) is 0 Å². The Bertz CT molecular complexity index is 834. The highest BCUT2D eigenvalue weighted by Gasteiger charge is 2.28. The fourth-order valence-corrected chi connectivity index (χ4v) is 3.65. The summed E-state index contributed by atoms with van der Waals surface area (Å²) in [5, 5.41) is 14.8. The molecule has 1 fully saturated rings. The zero-order valence-electron chi connectivity index (χ0n) is 15.0. The number of aliphatic hydroxyl groups is 1. The van der Waals surface area contributed by atoms with Crippen LogP contribution >= 0.6 is 0 Å². The number of aromatic nitrogens is 3. The number of aryl methyl sites for hydroxylation is 1. The Hall–Kier alpha value is -2.44. The van der Waals surface area contributed by atoms with E-state index in [2.05, 4.69) is 15.0 Å². The van der Waals surface area contributed by atoms with Crippen LogP contribution in [0.2, 0.25) is 0 Å². The van der Waals surface area contributed by atoms with Crippen LogP contribution in [0.5, 0.6) is 0 Å². The van der Waals surface area contributed by atoms with E-state index in [0.29, 0.717) is 0 Å². The molecular weight excluding hydrogens is 328 g/mol. The SMILES string of the molecule is Cn1ccnc1[C@H](O)C1CCN(Cc2cc(-c3ccccc3)no2)CC1. The molecule has 26 heavy (non-hydrogen) atoms. The third-order valence-electron chi connectivity index (χ3n) is 5.21. The Labute approximate surface area is 153 Å². The summed E-state index contributed by atoms with van der Waals surface area (Å²) < 4.78 is 7.42. The number of likely N-dealkylation sites (tertiary alicyclic amines) is 1. The van der Waals surface area contributed by atoms with Crippen molar-refractivity contribution in [3.8, 4) is 11.3 Å². The molecule has 4 rings (SSSR count). The van der Waals surface area contributed by atoms with Crippen molar-refractivity contribution in [2.45, 2.75) is 25.5 Å². The topological polar surface area (TPSA) is 67.3 Å². The van der Waals surface area contributed by atoms with Crippen LogP contribution in [0.25, 0.3) is 11.3 Å². The number of hydrogen-bond acceptors (Lipinski definition) is 5. The molecule has 1 aliphatic rings. The highest BCUT2D eigenvalue weighted by molar-refractivity contribution is 5.58. The third-order valence-corrected chi connectivity index (χ3v) is 5.21. The Morgan fingerprint density at radius 2 is 2.00 bits per heavy atom. The molecule has 3 aromatic rings. The summed E-state index contributed by atoms with van der Waals surface area (Å²) in [6.07, 6.45) is 5.03. The van der Waals surface area contributed by atoms with Crippen molar-refractivity contribution >= 4 is 0 Å². The van der Waals surface area contributed by atoms with Gasteiger partial charge in [-0.3, -0.25) is 4.90 Å². The van der Waals surface area contributed by atoms with Gasteiger partial charge in [-0.15, -0.1) is 0 Å². The maximum atomic E-state index is 10.6. The zero-order valence-corrected chi connectivity index (χ0v) is 15.0. The molecule has 0 radical (unpaired) electrons. The van der Waals surface area contributed by atoms with Gasteiger partial charge in [-0.2, -0.15) is 0 Å². The monoisotopic (exact) mass is 352 g/mol. The molecule has 0 saturated carbocycles. The number of piperidine rings is 1. The van der Waals surface area contributed by atoms with Gasteiger partial charge in [-0.05, 0) is 31.8 Å². The molecule has 0 amide bonds. The second-order valence-corrected chi connectivity index (χ2v) is 7.00. The van der Waals surface area contributed by atoms with Gasteiger partial charge in [0.05, 0.1) is 6.54 Å². The molecule has 3 heterocycles. The van der Waals surface area contributed by atoms with E-state index in [1.807, 2.05) is 54.2 Å². The van der Waals surface area contributed by atoms with Crippen molar-refractivity contribution in [1.82, 2.24) is 19.6 Å². The number of imidazole rings is 1. The molecule has 6 heteroatoms. The minimum absolute atomic E-state index is 0.252. The van der Waals surface area contributed by atoms with Gasteiger partial charge >= 0.3 is 0 Å². The molecule has 0 unspecified atom stereocenters. The number of nitrogens with zero attached hydrogens (tertiary/aromatic N) is 4. The average Bonchev–Trinajstić information content (AvgIpc) is 3.32. The molecule has 1 saturated heterocycles. The number of hydrogen-bond donors (Lipinski definition) is 1. The minimum atomic E-state index is -0.493. The van der Waals surface area contributed by atoms with Crippen molar-refractivity contribution < 1.29 is 9.63 Å². The molecule has 0 spiro atoms. The van der Waals surface area contributed by atoms with E-state index < -0.39 is 6.10 Å². The van der Waals surface area contributed by atoms with Crippen molar-refractivity contribution in [1.29, 1.82) is 0 Å². The Kier molecular flexibility index (Phi) is 4.86. The molecule has 0 aliphatic carbocycles. The van der Waals surface area contributed by atoms with Crippen LogP contribution in [-0.2, 0) is 13.6 Å². The van der Waals surface area contributed by atoms with Crippen molar-refractivity contribution in [3.05, 3.63) is 60.4 Å². The largest absolute Gasteiger partial charge is 0.385 e. The quantitative estimate of drug-likeness (QED) is 0.764. The summed E-state index contributed by atoms with van der Waals surface area (Å²) in [5.41, 5.74) is 1.94. The molecule has 6 nitrogen and oxygen atoms in total. The minimum Gasteiger partial charge on any atom is -0.385 e. The summed E-state index contributed by atoms with van der Waals surface area (Å²) in [4.78, 5) is 6.64. The van der Waals surface area contributed by atoms with Crippen LogP contribution in [0.1, 0.15) is 30.5 Å². The smallest absolute Gasteiger partial charge is 0.151 e. The summed E-state index contributed by atoms with van der Waals surface area (Å²) in [7, 11) is 1.93. The van der Waals surface area contributed by atoms with E-state index in [1.54, 1.807) is 6.20 Å². The van der Waals surface area contributed by atoms with E-state index in [9.17, 15) is 5.11 Å². The second kappa shape index (κ2) is 7.43. The maximum Gasteiger partial charge on any atom is 0.151 e. The normalized spacial score (nSPS) is 17.5. The van der Waals surface area contributed by atoms with Gasteiger partial charge in [0.2, 0.25) is 0 Å². The van der Waals surface area contributed by atoms with Crippen molar-refractivity contribution in [2.24, 2.45) is 13.0 Å². The number of rotatable bonds is 5. The molecule has 2 aromatic heterocycles. The van der Waals surface area contributed by atoms with Gasteiger partial charge in [0.1, 0.15) is 17.6 Å². The molecule has 0 bridgehead atoms.